The molecule has 0 amide bonds. The fraction of sp³-hybridized carbons (Fsp3) is 0.714. The molecule has 0 unspecified atom stereocenters. The maximum Gasteiger partial charge on any atom is 0.391 e. The molecule has 0 radical (unpaired) electrons. The molecule has 1 fully saturated rings. The van der Waals surface area contributed by atoms with E-state index in [0.717, 1.165) is 9.88 Å². The molecule has 1 aliphatic rings. The molecular weight excluding hydrogens is 440 g/mol. The second-order valence-corrected chi connectivity index (χ2v) is 6.84. The predicted octanol–water partition coefficient (Wildman–Crippen LogP) is 3.86. The Morgan fingerprint density at radius 1 is 1.35 bits per heavy atom. The van der Waals surface area contributed by atoms with Crippen molar-refractivity contribution in [1.82, 2.24) is 15.6 Å². The second-order valence-electron chi connectivity index (χ2n) is 5.52. The van der Waals surface area contributed by atoms with E-state index in [0.29, 0.717) is 25.3 Å². The van der Waals surface area contributed by atoms with Gasteiger partial charge in [-0.15, -0.1) is 35.3 Å². The zero-order chi connectivity index (χ0) is 16.2. The molecule has 1 aliphatic carbocycles. The van der Waals surface area contributed by atoms with Crippen molar-refractivity contribution in [3.63, 3.8) is 0 Å². The quantitative estimate of drug-likeness (QED) is 0.408. The lowest BCUT2D eigenvalue weighted by molar-refractivity contribution is -0.182. The number of halogens is 4. The molecule has 0 aliphatic heterocycles. The van der Waals surface area contributed by atoms with Crippen LogP contribution in [0.4, 0.5) is 13.2 Å². The maximum absolute atomic E-state index is 12.6. The van der Waals surface area contributed by atoms with Gasteiger partial charge in [0.05, 0.1) is 12.5 Å². The number of nitrogens with one attached hydrogen (secondary N) is 2. The van der Waals surface area contributed by atoms with E-state index in [1.165, 1.54) is 0 Å². The van der Waals surface area contributed by atoms with E-state index < -0.39 is 12.1 Å². The summed E-state index contributed by atoms with van der Waals surface area (Å²) in [7, 11) is 1.66. The van der Waals surface area contributed by atoms with E-state index >= 15 is 0 Å². The molecule has 1 saturated carbocycles. The molecule has 0 saturated heterocycles. The summed E-state index contributed by atoms with van der Waals surface area (Å²) in [6.45, 7) is 2.56. The fourth-order valence-corrected chi connectivity index (χ4v) is 3.32. The van der Waals surface area contributed by atoms with Crippen molar-refractivity contribution in [3.8, 4) is 0 Å². The fourth-order valence-electron chi connectivity index (χ4n) is 2.60. The van der Waals surface area contributed by atoms with Gasteiger partial charge in [0.1, 0.15) is 5.01 Å². The van der Waals surface area contributed by atoms with E-state index in [1.54, 1.807) is 18.4 Å². The topological polar surface area (TPSA) is 49.3 Å². The summed E-state index contributed by atoms with van der Waals surface area (Å²) in [6, 6.07) is 0.0443. The van der Waals surface area contributed by atoms with E-state index in [2.05, 4.69) is 20.6 Å². The molecule has 0 bridgehead atoms. The van der Waals surface area contributed by atoms with Gasteiger partial charge in [-0.25, -0.2) is 4.98 Å². The van der Waals surface area contributed by atoms with Gasteiger partial charge in [0.15, 0.2) is 5.96 Å². The number of guanidine groups is 1. The molecule has 0 atom stereocenters. The van der Waals surface area contributed by atoms with Gasteiger partial charge in [0.25, 0.3) is 0 Å². The van der Waals surface area contributed by atoms with Crippen LogP contribution in [0, 0.1) is 12.8 Å². The average Bonchev–Trinajstić information content (AvgIpc) is 2.88. The Labute approximate surface area is 155 Å². The van der Waals surface area contributed by atoms with E-state index in [-0.39, 0.29) is 42.9 Å². The van der Waals surface area contributed by atoms with Crippen LogP contribution >= 0.6 is 35.3 Å². The van der Waals surface area contributed by atoms with Crippen LogP contribution in [0.3, 0.4) is 0 Å². The summed E-state index contributed by atoms with van der Waals surface area (Å²) in [4.78, 5) is 9.52. The summed E-state index contributed by atoms with van der Waals surface area (Å²) in [5.74, 6) is -0.540. The summed E-state index contributed by atoms with van der Waals surface area (Å²) >= 11 is 1.61. The van der Waals surface area contributed by atoms with Crippen molar-refractivity contribution >= 4 is 41.3 Å². The normalized spacial score (nSPS) is 22.4. The van der Waals surface area contributed by atoms with Crippen molar-refractivity contribution in [2.75, 3.05) is 7.05 Å². The number of hydrogen-bond acceptors (Lipinski definition) is 3. The van der Waals surface area contributed by atoms with Gasteiger partial charge >= 0.3 is 6.18 Å². The van der Waals surface area contributed by atoms with Crippen LogP contribution in [0.1, 0.15) is 35.6 Å². The molecular formula is C14H22F3IN4S. The minimum absolute atomic E-state index is 0. The van der Waals surface area contributed by atoms with Crippen LogP contribution in [0.2, 0.25) is 0 Å². The Balaban J connectivity index is 0.00000264. The number of aryl methyl sites for hydroxylation is 1. The third kappa shape index (κ3) is 6.44. The van der Waals surface area contributed by atoms with Crippen LogP contribution in [-0.4, -0.2) is 30.2 Å². The minimum Gasteiger partial charge on any atom is -0.354 e. The standard InChI is InChI=1S/C14H21F3N4S.HI/c1-9-7-19-12(22-9)8-20-13(18-2)21-11-5-3-10(4-6-11)14(15,16)17;/h7,10-11H,3-6,8H2,1-2H3,(H2,18,20,21);1H. The number of hydrogen-bond donors (Lipinski definition) is 2. The lowest BCUT2D eigenvalue weighted by atomic mass is 9.85. The van der Waals surface area contributed by atoms with Gasteiger partial charge in [0, 0.05) is 24.2 Å². The first kappa shape index (κ1) is 20.5. The Morgan fingerprint density at radius 2 is 2.00 bits per heavy atom. The first-order chi connectivity index (χ1) is 10.4. The molecule has 9 heteroatoms. The number of nitrogens with zero attached hydrogens (tertiary/aromatic N) is 2. The smallest absolute Gasteiger partial charge is 0.354 e. The molecule has 2 rings (SSSR count). The lowest BCUT2D eigenvalue weighted by Gasteiger charge is -2.31. The number of aliphatic imine (C=N–C) groups is 1. The Morgan fingerprint density at radius 3 is 2.48 bits per heavy atom. The molecule has 132 valence electrons. The molecule has 4 nitrogen and oxygen atoms in total. The van der Waals surface area contributed by atoms with E-state index in [4.69, 9.17) is 0 Å². The zero-order valence-electron chi connectivity index (χ0n) is 13.1. The number of aromatic nitrogens is 1. The monoisotopic (exact) mass is 462 g/mol. The van der Waals surface area contributed by atoms with Crippen molar-refractivity contribution in [1.29, 1.82) is 0 Å². The average molecular weight is 462 g/mol. The van der Waals surface area contributed by atoms with Crippen molar-refractivity contribution in [2.45, 2.75) is 51.4 Å². The van der Waals surface area contributed by atoms with Crippen LogP contribution in [0.15, 0.2) is 11.2 Å². The molecule has 1 aromatic heterocycles. The van der Waals surface area contributed by atoms with Crippen LogP contribution < -0.4 is 10.6 Å². The van der Waals surface area contributed by atoms with Crippen LogP contribution in [-0.2, 0) is 6.54 Å². The van der Waals surface area contributed by atoms with Crippen LogP contribution in [0.25, 0.3) is 0 Å². The van der Waals surface area contributed by atoms with E-state index in [9.17, 15) is 13.2 Å². The molecule has 0 spiro atoms. The lowest BCUT2D eigenvalue weighted by Crippen LogP contribution is -2.45. The maximum atomic E-state index is 12.6. The van der Waals surface area contributed by atoms with Gasteiger partial charge < -0.3 is 10.6 Å². The first-order valence-corrected chi connectivity index (χ1v) is 8.15. The Kier molecular flexibility index (Phi) is 8.05. The third-order valence-electron chi connectivity index (χ3n) is 3.83. The summed E-state index contributed by atoms with van der Waals surface area (Å²) in [5.41, 5.74) is 0. The largest absolute Gasteiger partial charge is 0.391 e. The predicted molar refractivity (Wildman–Crippen MR) is 97.4 cm³/mol. The summed E-state index contributed by atoms with van der Waals surface area (Å²) in [5, 5.41) is 7.31. The van der Waals surface area contributed by atoms with Gasteiger partial charge in [-0.2, -0.15) is 13.2 Å². The SMILES string of the molecule is CN=C(NCc1ncc(C)s1)NC1CCC(C(F)(F)F)CC1.I. The highest BCUT2D eigenvalue weighted by Crippen LogP contribution is 2.37. The van der Waals surface area contributed by atoms with Crippen LogP contribution in [0.5, 0.6) is 0 Å². The number of rotatable bonds is 3. The minimum atomic E-state index is -4.06. The van der Waals surface area contributed by atoms with Gasteiger partial charge in [-0.1, -0.05) is 0 Å². The molecule has 2 N–H and O–H groups in total. The first-order valence-electron chi connectivity index (χ1n) is 7.33. The van der Waals surface area contributed by atoms with E-state index in [1.807, 2.05) is 13.1 Å². The highest BCUT2D eigenvalue weighted by Gasteiger charge is 2.41. The van der Waals surface area contributed by atoms with Crippen molar-refractivity contribution in [3.05, 3.63) is 16.1 Å². The van der Waals surface area contributed by atoms with Gasteiger partial charge in [-0.05, 0) is 32.6 Å². The highest BCUT2D eigenvalue weighted by molar-refractivity contribution is 14.0. The Hall–Kier alpha value is -0.580. The number of thiazole rings is 1. The zero-order valence-corrected chi connectivity index (χ0v) is 16.3. The Bertz CT molecular complexity index is 510. The number of alkyl halides is 3. The molecule has 0 aromatic carbocycles. The molecule has 1 aromatic rings. The van der Waals surface area contributed by atoms with Gasteiger partial charge in [-0.3, -0.25) is 4.99 Å². The van der Waals surface area contributed by atoms with Gasteiger partial charge in [0.2, 0.25) is 0 Å². The summed E-state index contributed by atoms with van der Waals surface area (Å²) < 4.78 is 37.9. The second kappa shape index (κ2) is 9.05. The van der Waals surface area contributed by atoms with Crippen molar-refractivity contribution < 1.29 is 13.2 Å². The molecule has 1 heterocycles. The van der Waals surface area contributed by atoms with Crippen molar-refractivity contribution in [2.24, 2.45) is 10.9 Å². The molecule has 23 heavy (non-hydrogen) atoms. The summed E-state index contributed by atoms with van der Waals surface area (Å²) in [6.07, 6.45) is -0.847. The third-order valence-corrected chi connectivity index (χ3v) is 4.74. The highest BCUT2D eigenvalue weighted by atomic mass is 127.